The van der Waals surface area contributed by atoms with Crippen molar-refractivity contribution in [1.29, 1.82) is 0 Å². The summed E-state index contributed by atoms with van der Waals surface area (Å²) in [7, 11) is 0.261. The molecule has 0 saturated carbocycles. The Morgan fingerprint density at radius 2 is 2.16 bits per heavy atom. The third-order valence-electron chi connectivity index (χ3n) is 2.31. The van der Waals surface area contributed by atoms with Crippen LogP contribution < -0.4 is 10.5 Å². The summed E-state index contributed by atoms with van der Waals surface area (Å²) in [5, 5.41) is 0. The van der Waals surface area contributed by atoms with Gasteiger partial charge in [-0.05, 0) is 26.2 Å². The molecule has 0 fully saturated rings. The van der Waals surface area contributed by atoms with Gasteiger partial charge in [-0.25, -0.2) is 18.1 Å². The summed E-state index contributed by atoms with van der Waals surface area (Å²) in [5.41, 5.74) is 5.52. The first-order valence-electron chi connectivity index (χ1n) is 5.86. The Morgan fingerprint density at radius 3 is 2.79 bits per heavy atom. The second-order valence-electron chi connectivity index (χ2n) is 4.20. The summed E-state index contributed by atoms with van der Waals surface area (Å²) in [6.45, 7) is 1.86. The molecule has 0 amide bonds. The number of nitrogens with one attached hydrogen (secondary N) is 1. The zero-order valence-electron chi connectivity index (χ0n) is 11.2. The maximum absolute atomic E-state index is 11.9. The van der Waals surface area contributed by atoms with Gasteiger partial charge in [0.2, 0.25) is 10.0 Å². The lowest BCUT2D eigenvalue weighted by atomic mass is 10.5. The molecule has 0 radical (unpaired) electrons. The van der Waals surface area contributed by atoms with Crippen LogP contribution in [0.25, 0.3) is 0 Å². The molecule has 0 aliphatic heterocycles. The number of anilines is 1. The van der Waals surface area contributed by atoms with E-state index in [0.29, 0.717) is 13.2 Å². The highest BCUT2D eigenvalue weighted by molar-refractivity contribution is 7.89. The van der Waals surface area contributed by atoms with Crippen molar-refractivity contribution in [3.05, 3.63) is 18.3 Å². The summed E-state index contributed by atoms with van der Waals surface area (Å²) in [6.07, 6.45) is 1.44. The van der Waals surface area contributed by atoms with Gasteiger partial charge >= 0.3 is 0 Å². The average Bonchev–Trinajstić information content (AvgIpc) is 2.33. The molecule has 0 aliphatic rings. The van der Waals surface area contributed by atoms with Crippen molar-refractivity contribution >= 4 is 15.8 Å². The Kier molecular flexibility index (Phi) is 6.16. The van der Waals surface area contributed by atoms with Crippen LogP contribution in [0.3, 0.4) is 0 Å². The number of hydrogen-bond acceptors (Lipinski definition) is 6. The first kappa shape index (κ1) is 15.8. The predicted molar refractivity (Wildman–Crippen MR) is 73.2 cm³/mol. The normalized spacial score (nSPS) is 11.9. The van der Waals surface area contributed by atoms with Crippen molar-refractivity contribution < 1.29 is 13.2 Å². The fourth-order valence-electron chi connectivity index (χ4n) is 1.31. The van der Waals surface area contributed by atoms with E-state index in [9.17, 15) is 8.42 Å². The van der Waals surface area contributed by atoms with Crippen molar-refractivity contribution in [2.75, 3.05) is 46.1 Å². The molecule has 7 nitrogen and oxygen atoms in total. The Labute approximate surface area is 113 Å². The highest BCUT2D eigenvalue weighted by Crippen LogP contribution is 2.13. The molecule has 0 bridgehead atoms. The van der Waals surface area contributed by atoms with Crippen LogP contribution in [0, 0.1) is 0 Å². The van der Waals surface area contributed by atoms with Crippen molar-refractivity contribution in [3.8, 4) is 0 Å². The van der Waals surface area contributed by atoms with E-state index in [4.69, 9.17) is 10.5 Å². The monoisotopic (exact) mass is 288 g/mol. The zero-order valence-corrected chi connectivity index (χ0v) is 12.0. The largest absolute Gasteiger partial charge is 0.383 e. The SMILES string of the molecule is CN(C)CCOCCNS(=O)(=O)c1cccnc1N. The van der Waals surface area contributed by atoms with E-state index in [0.717, 1.165) is 6.54 Å². The first-order chi connectivity index (χ1) is 8.93. The molecule has 1 aromatic rings. The quantitative estimate of drug-likeness (QED) is 0.627. The van der Waals surface area contributed by atoms with Gasteiger partial charge < -0.3 is 15.4 Å². The summed E-state index contributed by atoms with van der Waals surface area (Å²) >= 11 is 0. The molecule has 3 N–H and O–H groups in total. The van der Waals surface area contributed by atoms with Gasteiger partial charge in [-0.3, -0.25) is 0 Å². The molecular weight excluding hydrogens is 268 g/mol. The number of nitrogens with zero attached hydrogens (tertiary/aromatic N) is 2. The molecule has 0 unspecified atom stereocenters. The fraction of sp³-hybridized carbons (Fsp3) is 0.545. The van der Waals surface area contributed by atoms with Gasteiger partial charge in [-0.1, -0.05) is 0 Å². The molecular formula is C11H20N4O3S. The Morgan fingerprint density at radius 1 is 1.42 bits per heavy atom. The number of aromatic nitrogens is 1. The number of ether oxygens (including phenoxy) is 1. The van der Waals surface area contributed by atoms with Crippen LogP contribution in [-0.4, -0.2) is 58.7 Å². The van der Waals surface area contributed by atoms with Crippen LogP contribution in [0.15, 0.2) is 23.2 Å². The lowest BCUT2D eigenvalue weighted by Crippen LogP contribution is -2.29. The minimum Gasteiger partial charge on any atom is -0.383 e. The Bertz CT molecular complexity index is 490. The topological polar surface area (TPSA) is 97.5 Å². The number of pyridine rings is 1. The molecule has 1 heterocycles. The van der Waals surface area contributed by atoms with Gasteiger partial charge in [-0.15, -0.1) is 0 Å². The number of rotatable bonds is 8. The van der Waals surface area contributed by atoms with Gasteiger partial charge in [0.25, 0.3) is 0 Å². The van der Waals surface area contributed by atoms with E-state index in [-0.39, 0.29) is 17.3 Å². The second-order valence-corrected chi connectivity index (χ2v) is 5.94. The van der Waals surface area contributed by atoms with Gasteiger partial charge in [-0.2, -0.15) is 0 Å². The minimum absolute atomic E-state index is 0.0106. The number of nitrogens with two attached hydrogens (primary N) is 1. The first-order valence-corrected chi connectivity index (χ1v) is 7.34. The molecule has 8 heteroatoms. The van der Waals surface area contributed by atoms with Gasteiger partial charge in [0.05, 0.1) is 13.2 Å². The number of likely N-dealkylation sites (N-methyl/N-ethyl adjacent to an activating group) is 1. The summed E-state index contributed by atoms with van der Waals surface area (Å²) < 4.78 is 31.5. The van der Waals surface area contributed by atoms with E-state index in [1.54, 1.807) is 0 Å². The Hall–Kier alpha value is -1.22. The van der Waals surface area contributed by atoms with Crippen molar-refractivity contribution in [1.82, 2.24) is 14.6 Å². The number of sulfonamides is 1. The third-order valence-corrected chi connectivity index (χ3v) is 3.82. The Balaban J connectivity index is 2.38. The van der Waals surface area contributed by atoms with E-state index < -0.39 is 10.0 Å². The van der Waals surface area contributed by atoms with Crippen molar-refractivity contribution in [2.45, 2.75) is 4.90 Å². The third kappa shape index (κ3) is 5.52. The van der Waals surface area contributed by atoms with Crippen LogP contribution in [-0.2, 0) is 14.8 Å². The molecule has 1 aromatic heterocycles. The molecule has 0 aromatic carbocycles. The summed E-state index contributed by atoms with van der Waals surface area (Å²) in [6, 6.07) is 2.94. The lowest BCUT2D eigenvalue weighted by Gasteiger charge is -2.11. The molecule has 0 atom stereocenters. The molecule has 0 saturated heterocycles. The van der Waals surface area contributed by atoms with E-state index in [1.165, 1.54) is 18.3 Å². The predicted octanol–water partition coefficient (Wildman–Crippen LogP) is -0.480. The smallest absolute Gasteiger partial charge is 0.244 e. The van der Waals surface area contributed by atoms with Gasteiger partial charge in [0.15, 0.2) is 0 Å². The van der Waals surface area contributed by atoms with Crippen LogP contribution in [0.1, 0.15) is 0 Å². The number of hydrogen-bond donors (Lipinski definition) is 2. The average molecular weight is 288 g/mol. The number of nitrogen functional groups attached to an aromatic ring is 1. The van der Waals surface area contributed by atoms with Crippen LogP contribution >= 0.6 is 0 Å². The van der Waals surface area contributed by atoms with Gasteiger partial charge in [0.1, 0.15) is 10.7 Å². The highest BCUT2D eigenvalue weighted by atomic mass is 32.2. The van der Waals surface area contributed by atoms with Crippen LogP contribution in [0.5, 0.6) is 0 Å². The van der Waals surface area contributed by atoms with E-state index >= 15 is 0 Å². The van der Waals surface area contributed by atoms with E-state index in [2.05, 4.69) is 9.71 Å². The zero-order chi connectivity index (χ0) is 14.3. The highest BCUT2D eigenvalue weighted by Gasteiger charge is 2.16. The van der Waals surface area contributed by atoms with Gasteiger partial charge in [0, 0.05) is 19.3 Å². The molecule has 1 rings (SSSR count). The lowest BCUT2D eigenvalue weighted by molar-refractivity contribution is 0.122. The fourth-order valence-corrected chi connectivity index (χ4v) is 2.40. The van der Waals surface area contributed by atoms with E-state index in [1.807, 2.05) is 19.0 Å². The molecule has 19 heavy (non-hydrogen) atoms. The maximum atomic E-state index is 11.9. The minimum atomic E-state index is -3.62. The maximum Gasteiger partial charge on any atom is 0.244 e. The summed E-state index contributed by atoms with van der Waals surface area (Å²) in [4.78, 5) is 5.72. The second kappa shape index (κ2) is 7.39. The standard InChI is InChI=1S/C11H20N4O3S/c1-15(2)7-9-18-8-6-14-19(16,17)10-4-3-5-13-11(10)12/h3-5,14H,6-9H2,1-2H3,(H2,12,13). The van der Waals surface area contributed by atoms with Crippen LogP contribution in [0.2, 0.25) is 0 Å². The molecule has 108 valence electrons. The molecule has 0 aliphatic carbocycles. The summed E-state index contributed by atoms with van der Waals surface area (Å²) in [5.74, 6) is -0.0106. The molecule has 0 spiro atoms. The van der Waals surface area contributed by atoms with Crippen LogP contribution in [0.4, 0.5) is 5.82 Å². The van der Waals surface area contributed by atoms with Crippen molar-refractivity contribution in [3.63, 3.8) is 0 Å². The van der Waals surface area contributed by atoms with Crippen molar-refractivity contribution in [2.24, 2.45) is 0 Å².